The smallest absolute Gasteiger partial charge is 0.229 e. The lowest BCUT2D eigenvalue weighted by Crippen LogP contribution is -2.28. The topological polar surface area (TPSA) is 91.4 Å². The summed E-state index contributed by atoms with van der Waals surface area (Å²) in [6.45, 7) is 2.26. The number of hydrogen-bond donors (Lipinski definition) is 2. The van der Waals surface area contributed by atoms with E-state index in [-0.39, 0.29) is 24.1 Å². The monoisotopic (exact) mass is 352 g/mol. The highest BCUT2D eigenvalue weighted by molar-refractivity contribution is 5.98. The number of benzene rings is 1. The van der Waals surface area contributed by atoms with E-state index in [1.807, 2.05) is 12.1 Å². The van der Waals surface area contributed by atoms with Crippen molar-refractivity contribution in [2.75, 3.05) is 17.2 Å². The molecule has 7 nitrogen and oxygen atoms in total. The predicted molar refractivity (Wildman–Crippen MR) is 97.1 cm³/mol. The average Bonchev–Trinajstić information content (AvgIpc) is 2.96. The largest absolute Gasteiger partial charge is 0.337 e. The maximum Gasteiger partial charge on any atom is 0.229 e. The molecule has 1 aliphatic rings. The summed E-state index contributed by atoms with van der Waals surface area (Å²) in [5, 5.41) is 5.49. The number of nitrogens with zero attached hydrogens (tertiary/aromatic N) is 2. The van der Waals surface area contributed by atoms with Crippen molar-refractivity contribution in [2.45, 2.75) is 19.9 Å². The molecule has 2 heterocycles. The van der Waals surface area contributed by atoms with Crippen LogP contribution < -0.4 is 10.6 Å². The fourth-order valence-corrected chi connectivity index (χ4v) is 2.93. The SMILES string of the molecule is CC(=O)Nc1cccc(NC(=O)C2CC(=O)N(Cc3cccnc3)C2)c1. The first kappa shape index (κ1) is 17.6. The van der Waals surface area contributed by atoms with Gasteiger partial charge in [0.15, 0.2) is 0 Å². The molecule has 3 rings (SSSR count). The highest BCUT2D eigenvalue weighted by Gasteiger charge is 2.34. The minimum atomic E-state index is -0.399. The molecular formula is C19H20N4O3. The van der Waals surface area contributed by atoms with Crippen molar-refractivity contribution in [1.29, 1.82) is 0 Å². The summed E-state index contributed by atoms with van der Waals surface area (Å²) in [5.74, 6) is -0.822. The number of pyridine rings is 1. The van der Waals surface area contributed by atoms with Gasteiger partial charge < -0.3 is 15.5 Å². The highest BCUT2D eigenvalue weighted by atomic mass is 16.2. The van der Waals surface area contributed by atoms with E-state index in [9.17, 15) is 14.4 Å². The lowest BCUT2D eigenvalue weighted by atomic mass is 10.1. The summed E-state index contributed by atoms with van der Waals surface area (Å²) in [6, 6.07) is 10.6. The number of carbonyl (C=O) groups excluding carboxylic acids is 3. The fourth-order valence-electron chi connectivity index (χ4n) is 2.93. The molecule has 2 N–H and O–H groups in total. The third kappa shape index (κ3) is 4.44. The van der Waals surface area contributed by atoms with Crippen molar-refractivity contribution in [2.24, 2.45) is 5.92 Å². The van der Waals surface area contributed by atoms with Crippen LogP contribution in [-0.4, -0.2) is 34.2 Å². The number of carbonyl (C=O) groups is 3. The van der Waals surface area contributed by atoms with Crippen LogP contribution in [0.15, 0.2) is 48.8 Å². The van der Waals surface area contributed by atoms with Gasteiger partial charge in [0.25, 0.3) is 0 Å². The second-order valence-corrected chi connectivity index (χ2v) is 6.29. The Morgan fingerprint density at radius 3 is 2.65 bits per heavy atom. The van der Waals surface area contributed by atoms with Gasteiger partial charge >= 0.3 is 0 Å². The van der Waals surface area contributed by atoms with Crippen LogP contribution in [0.2, 0.25) is 0 Å². The first-order valence-electron chi connectivity index (χ1n) is 8.36. The molecule has 0 spiro atoms. The van der Waals surface area contributed by atoms with E-state index in [1.165, 1.54) is 6.92 Å². The molecule has 1 fully saturated rings. The lowest BCUT2D eigenvalue weighted by molar-refractivity contribution is -0.128. The van der Waals surface area contributed by atoms with Gasteiger partial charge in [-0.15, -0.1) is 0 Å². The molecule has 0 bridgehead atoms. The second-order valence-electron chi connectivity index (χ2n) is 6.29. The van der Waals surface area contributed by atoms with Gasteiger partial charge in [0.05, 0.1) is 5.92 Å². The van der Waals surface area contributed by atoms with E-state index in [0.29, 0.717) is 24.5 Å². The van der Waals surface area contributed by atoms with Gasteiger partial charge in [-0.3, -0.25) is 19.4 Å². The molecule has 134 valence electrons. The van der Waals surface area contributed by atoms with Crippen LogP contribution in [0.4, 0.5) is 11.4 Å². The maximum atomic E-state index is 12.5. The third-order valence-corrected chi connectivity index (χ3v) is 4.13. The first-order chi connectivity index (χ1) is 12.5. The highest BCUT2D eigenvalue weighted by Crippen LogP contribution is 2.22. The summed E-state index contributed by atoms with van der Waals surface area (Å²) in [6.07, 6.45) is 3.59. The molecule has 0 radical (unpaired) electrons. The van der Waals surface area contributed by atoms with Crippen LogP contribution in [0.5, 0.6) is 0 Å². The molecule has 1 aliphatic heterocycles. The Morgan fingerprint density at radius 1 is 1.19 bits per heavy atom. The first-order valence-corrected chi connectivity index (χ1v) is 8.36. The Morgan fingerprint density at radius 2 is 1.96 bits per heavy atom. The molecule has 7 heteroatoms. The van der Waals surface area contributed by atoms with Crippen LogP contribution in [0.3, 0.4) is 0 Å². The van der Waals surface area contributed by atoms with Gasteiger partial charge in [0.2, 0.25) is 17.7 Å². The molecule has 1 aromatic heterocycles. The van der Waals surface area contributed by atoms with E-state index in [1.54, 1.807) is 41.6 Å². The molecule has 1 saturated heterocycles. The molecule has 1 aromatic carbocycles. The predicted octanol–water partition coefficient (Wildman–Crippen LogP) is 2.03. The molecule has 3 amide bonds. The average molecular weight is 352 g/mol. The third-order valence-electron chi connectivity index (χ3n) is 4.13. The van der Waals surface area contributed by atoms with Crippen molar-refractivity contribution >= 4 is 29.1 Å². The number of anilines is 2. The molecule has 0 aliphatic carbocycles. The van der Waals surface area contributed by atoms with Crippen LogP contribution in [-0.2, 0) is 20.9 Å². The Kier molecular flexibility index (Phi) is 5.26. The van der Waals surface area contributed by atoms with Gasteiger partial charge in [0.1, 0.15) is 0 Å². The van der Waals surface area contributed by atoms with Crippen molar-refractivity contribution < 1.29 is 14.4 Å². The number of nitrogens with one attached hydrogen (secondary N) is 2. The zero-order chi connectivity index (χ0) is 18.5. The maximum absolute atomic E-state index is 12.5. The Labute approximate surface area is 151 Å². The van der Waals surface area contributed by atoms with Crippen LogP contribution in [0, 0.1) is 5.92 Å². The Hall–Kier alpha value is -3.22. The van der Waals surface area contributed by atoms with Crippen molar-refractivity contribution in [3.05, 3.63) is 54.4 Å². The van der Waals surface area contributed by atoms with Crippen molar-refractivity contribution in [1.82, 2.24) is 9.88 Å². The number of hydrogen-bond acceptors (Lipinski definition) is 4. The van der Waals surface area contributed by atoms with Gasteiger partial charge in [0, 0.05) is 50.2 Å². The van der Waals surface area contributed by atoms with Gasteiger partial charge in [-0.2, -0.15) is 0 Å². The van der Waals surface area contributed by atoms with E-state index >= 15 is 0 Å². The number of aromatic nitrogens is 1. The van der Waals surface area contributed by atoms with Crippen molar-refractivity contribution in [3.63, 3.8) is 0 Å². The summed E-state index contributed by atoms with van der Waals surface area (Å²) < 4.78 is 0. The molecule has 1 unspecified atom stereocenters. The van der Waals surface area contributed by atoms with Crippen LogP contribution in [0.1, 0.15) is 18.9 Å². The summed E-state index contributed by atoms with van der Waals surface area (Å²) in [5.41, 5.74) is 2.13. The summed E-state index contributed by atoms with van der Waals surface area (Å²) in [7, 11) is 0. The molecule has 2 aromatic rings. The lowest BCUT2D eigenvalue weighted by Gasteiger charge is -2.16. The van der Waals surface area contributed by atoms with E-state index in [0.717, 1.165) is 5.56 Å². The molecule has 0 saturated carbocycles. The van der Waals surface area contributed by atoms with Crippen LogP contribution >= 0.6 is 0 Å². The van der Waals surface area contributed by atoms with E-state index < -0.39 is 5.92 Å². The number of likely N-dealkylation sites (tertiary alicyclic amines) is 1. The Bertz CT molecular complexity index is 823. The van der Waals surface area contributed by atoms with Crippen LogP contribution in [0.25, 0.3) is 0 Å². The Balaban J connectivity index is 1.60. The minimum Gasteiger partial charge on any atom is -0.337 e. The normalized spacial score (nSPS) is 16.4. The molecule has 1 atom stereocenters. The van der Waals surface area contributed by atoms with E-state index in [4.69, 9.17) is 0 Å². The van der Waals surface area contributed by atoms with E-state index in [2.05, 4.69) is 15.6 Å². The van der Waals surface area contributed by atoms with Gasteiger partial charge in [-0.05, 0) is 29.8 Å². The summed E-state index contributed by atoms with van der Waals surface area (Å²) >= 11 is 0. The standard InChI is InChI=1S/C19H20N4O3/c1-13(24)21-16-5-2-6-17(9-16)22-19(26)15-8-18(25)23(12-15)11-14-4-3-7-20-10-14/h2-7,9-10,15H,8,11-12H2,1H3,(H,21,24)(H,22,26). The zero-order valence-electron chi connectivity index (χ0n) is 14.4. The van der Waals surface area contributed by atoms with Gasteiger partial charge in [-0.25, -0.2) is 0 Å². The quantitative estimate of drug-likeness (QED) is 0.861. The number of rotatable bonds is 5. The fraction of sp³-hybridized carbons (Fsp3) is 0.263. The van der Waals surface area contributed by atoms with Crippen molar-refractivity contribution in [3.8, 4) is 0 Å². The zero-order valence-corrected chi connectivity index (χ0v) is 14.4. The number of amides is 3. The van der Waals surface area contributed by atoms with Gasteiger partial charge in [-0.1, -0.05) is 12.1 Å². The minimum absolute atomic E-state index is 0.0407. The second kappa shape index (κ2) is 7.77. The molecular weight excluding hydrogens is 332 g/mol. The molecule has 26 heavy (non-hydrogen) atoms. The summed E-state index contributed by atoms with van der Waals surface area (Å²) in [4.78, 5) is 41.6.